The standard InChI is InChI=1S/C28H27FN4O3/c1-19-31-32-27(21-10-13-23(14-11-21)36-26-9-5-6-16-30-26)33(19)22-12-15-25(29)24(17-22)28(34)35-18-20-7-3-2-4-8-20/h2-9,12,15-17,21,23H,10-11,13-14,18H2,1H3/t21-,23-. The largest absolute Gasteiger partial charge is 0.474 e. The van der Waals surface area contributed by atoms with Crippen LogP contribution in [0.3, 0.4) is 0 Å². The summed E-state index contributed by atoms with van der Waals surface area (Å²) >= 11 is 0. The van der Waals surface area contributed by atoms with Crippen LogP contribution in [0.1, 0.15) is 59.2 Å². The highest BCUT2D eigenvalue weighted by Gasteiger charge is 2.29. The van der Waals surface area contributed by atoms with E-state index in [9.17, 15) is 9.18 Å². The van der Waals surface area contributed by atoms with Gasteiger partial charge in [0.1, 0.15) is 30.2 Å². The van der Waals surface area contributed by atoms with E-state index in [0.29, 0.717) is 17.4 Å². The summed E-state index contributed by atoms with van der Waals surface area (Å²) in [4.78, 5) is 16.9. The molecule has 1 aliphatic rings. The number of esters is 1. The third-order valence-corrected chi connectivity index (χ3v) is 6.46. The normalized spacial score (nSPS) is 17.5. The molecule has 8 heteroatoms. The van der Waals surface area contributed by atoms with E-state index in [2.05, 4.69) is 15.2 Å². The maximum Gasteiger partial charge on any atom is 0.341 e. The lowest BCUT2D eigenvalue weighted by molar-refractivity contribution is 0.0467. The van der Waals surface area contributed by atoms with Crippen molar-refractivity contribution in [1.29, 1.82) is 0 Å². The molecule has 0 spiro atoms. The zero-order chi connectivity index (χ0) is 24.9. The van der Waals surface area contributed by atoms with Gasteiger partial charge in [-0.15, -0.1) is 10.2 Å². The zero-order valence-electron chi connectivity index (χ0n) is 20.0. The predicted octanol–water partition coefficient (Wildman–Crippen LogP) is 5.57. The maximum atomic E-state index is 14.6. The van der Waals surface area contributed by atoms with E-state index >= 15 is 0 Å². The van der Waals surface area contributed by atoms with Gasteiger partial charge in [0.05, 0.1) is 5.56 Å². The first-order chi connectivity index (χ1) is 17.6. The maximum absolute atomic E-state index is 14.6. The van der Waals surface area contributed by atoms with Crippen LogP contribution in [0, 0.1) is 12.7 Å². The van der Waals surface area contributed by atoms with Gasteiger partial charge in [-0.3, -0.25) is 4.57 Å². The second-order valence-electron chi connectivity index (χ2n) is 8.93. The Hall–Kier alpha value is -4.07. The Morgan fingerprint density at radius 1 is 1.00 bits per heavy atom. The molecule has 1 fully saturated rings. The minimum absolute atomic E-state index is 0.0735. The Morgan fingerprint density at radius 3 is 2.53 bits per heavy atom. The lowest BCUT2D eigenvalue weighted by Crippen LogP contribution is -2.25. The van der Waals surface area contributed by atoms with E-state index in [1.54, 1.807) is 12.3 Å². The molecule has 0 bridgehead atoms. The summed E-state index contributed by atoms with van der Waals surface area (Å²) in [5, 5.41) is 8.74. The predicted molar refractivity (Wildman–Crippen MR) is 131 cm³/mol. The smallest absolute Gasteiger partial charge is 0.341 e. The first kappa shape index (κ1) is 23.7. The second kappa shape index (κ2) is 10.7. The molecule has 2 aromatic carbocycles. The van der Waals surface area contributed by atoms with Gasteiger partial charge in [-0.05, 0) is 62.4 Å². The number of ether oxygens (including phenoxy) is 2. The minimum Gasteiger partial charge on any atom is -0.474 e. The van der Waals surface area contributed by atoms with Crippen molar-refractivity contribution in [3.05, 3.63) is 102 Å². The van der Waals surface area contributed by atoms with Gasteiger partial charge in [-0.2, -0.15) is 0 Å². The monoisotopic (exact) mass is 486 g/mol. The van der Waals surface area contributed by atoms with E-state index in [1.165, 1.54) is 12.1 Å². The number of nitrogens with zero attached hydrogens (tertiary/aromatic N) is 4. The summed E-state index contributed by atoms with van der Waals surface area (Å²) in [7, 11) is 0. The van der Waals surface area contributed by atoms with Crippen LogP contribution in [0.5, 0.6) is 5.88 Å². The van der Waals surface area contributed by atoms with Gasteiger partial charge in [-0.1, -0.05) is 36.4 Å². The highest BCUT2D eigenvalue weighted by molar-refractivity contribution is 5.90. The van der Waals surface area contributed by atoms with Crippen molar-refractivity contribution in [3.63, 3.8) is 0 Å². The quantitative estimate of drug-likeness (QED) is 0.318. The van der Waals surface area contributed by atoms with E-state index < -0.39 is 11.8 Å². The first-order valence-electron chi connectivity index (χ1n) is 12.1. The molecule has 0 unspecified atom stereocenters. The molecule has 184 valence electrons. The molecule has 0 aliphatic heterocycles. The number of hydrogen-bond acceptors (Lipinski definition) is 6. The summed E-state index contributed by atoms with van der Waals surface area (Å²) in [6.07, 6.45) is 5.32. The van der Waals surface area contributed by atoms with Gasteiger partial charge in [0.2, 0.25) is 5.88 Å². The van der Waals surface area contributed by atoms with Crippen molar-refractivity contribution in [3.8, 4) is 11.6 Å². The highest BCUT2D eigenvalue weighted by atomic mass is 19.1. The minimum atomic E-state index is -0.711. The number of halogens is 1. The van der Waals surface area contributed by atoms with Crippen LogP contribution in [0.2, 0.25) is 0 Å². The second-order valence-corrected chi connectivity index (χ2v) is 8.93. The third-order valence-electron chi connectivity index (χ3n) is 6.46. The molecule has 7 nitrogen and oxygen atoms in total. The van der Waals surface area contributed by atoms with Crippen LogP contribution in [0.4, 0.5) is 4.39 Å². The van der Waals surface area contributed by atoms with Crippen molar-refractivity contribution in [1.82, 2.24) is 19.7 Å². The van der Waals surface area contributed by atoms with E-state index in [1.807, 2.05) is 60.0 Å². The Kier molecular flexibility index (Phi) is 7.02. The fourth-order valence-corrected chi connectivity index (χ4v) is 4.60. The van der Waals surface area contributed by atoms with Gasteiger partial charge < -0.3 is 9.47 Å². The van der Waals surface area contributed by atoms with Gasteiger partial charge in [0.15, 0.2) is 0 Å². The molecular weight excluding hydrogens is 459 g/mol. The molecule has 2 aromatic heterocycles. The summed E-state index contributed by atoms with van der Waals surface area (Å²) in [5.74, 6) is 0.950. The molecule has 0 saturated heterocycles. The number of carbonyl (C=O) groups is 1. The lowest BCUT2D eigenvalue weighted by Gasteiger charge is -2.28. The molecule has 4 aromatic rings. The van der Waals surface area contributed by atoms with Crippen molar-refractivity contribution >= 4 is 5.97 Å². The number of aryl methyl sites for hydroxylation is 1. The van der Waals surface area contributed by atoms with Gasteiger partial charge in [0, 0.05) is 23.9 Å². The number of carbonyl (C=O) groups excluding carboxylic acids is 1. The third kappa shape index (κ3) is 5.27. The summed E-state index contributed by atoms with van der Waals surface area (Å²) < 4.78 is 27.9. The summed E-state index contributed by atoms with van der Waals surface area (Å²) in [5.41, 5.74) is 1.35. The Balaban J connectivity index is 1.31. The van der Waals surface area contributed by atoms with Crippen LogP contribution in [0.15, 0.2) is 72.9 Å². The van der Waals surface area contributed by atoms with E-state index in [-0.39, 0.29) is 24.2 Å². The molecule has 0 atom stereocenters. The van der Waals surface area contributed by atoms with Crippen molar-refractivity contribution in [2.45, 2.75) is 51.2 Å². The van der Waals surface area contributed by atoms with E-state index in [4.69, 9.17) is 9.47 Å². The number of aromatic nitrogens is 4. The SMILES string of the molecule is Cc1nnc([C@H]2CC[C@H](Oc3ccccn3)CC2)n1-c1ccc(F)c(C(=O)OCc2ccccc2)c1. The van der Waals surface area contributed by atoms with Crippen molar-refractivity contribution in [2.75, 3.05) is 0 Å². The molecule has 2 heterocycles. The van der Waals surface area contributed by atoms with E-state index in [0.717, 1.165) is 37.1 Å². The van der Waals surface area contributed by atoms with Crippen LogP contribution >= 0.6 is 0 Å². The zero-order valence-corrected chi connectivity index (χ0v) is 20.0. The average Bonchev–Trinajstić information content (AvgIpc) is 3.30. The number of benzene rings is 2. The van der Waals surface area contributed by atoms with Crippen molar-refractivity contribution in [2.24, 2.45) is 0 Å². The van der Waals surface area contributed by atoms with Gasteiger partial charge in [0.25, 0.3) is 0 Å². The topological polar surface area (TPSA) is 79.1 Å². The Morgan fingerprint density at radius 2 is 1.78 bits per heavy atom. The van der Waals surface area contributed by atoms with Crippen LogP contribution in [-0.4, -0.2) is 31.8 Å². The molecule has 0 N–H and O–H groups in total. The number of rotatable bonds is 7. The molecule has 1 aliphatic carbocycles. The Labute approximate surface area is 208 Å². The molecule has 36 heavy (non-hydrogen) atoms. The number of pyridine rings is 1. The van der Waals surface area contributed by atoms with Crippen LogP contribution in [0.25, 0.3) is 5.69 Å². The summed E-state index contributed by atoms with van der Waals surface area (Å²) in [6, 6.07) is 19.4. The Bertz CT molecular complexity index is 1320. The molecule has 0 amide bonds. The molecular formula is C28H27FN4O3. The molecule has 1 saturated carbocycles. The van der Waals surface area contributed by atoms with Crippen LogP contribution in [-0.2, 0) is 11.3 Å². The number of hydrogen-bond donors (Lipinski definition) is 0. The van der Waals surface area contributed by atoms with Gasteiger partial charge >= 0.3 is 5.97 Å². The van der Waals surface area contributed by atoms with Gasteiger partial charge in [-0.25, -0.2) is 14.2 Å². The fraction of sp³-hybridized carbons (Fsp3) is 0.286. The fourth-order valence-electron chi connectivity index (χ4n) is 4.60. The van der Waals surface area contributed by atoms with Crippen molar-refractivity contribution < 1.29 is 18.7 Å². The lowest BCUT2D eigenvalue weighted by atomic mass is 9.86. The molecule has 0 radical (unpaired) electrons. The first-order valence-corrected chi connectivity index (χ1v) is 12.1. The highest BCUT2D eigenvalue weighted by Crippen LogP contribution is 2.35. The molecule has 5 rings (SSSR count). The summed E-state index contributed by atoms with van der Waals surface area (Å²) in [6.45, 7) is 1.92. The average molecular weight is 487 g/mol. The van der Waals surface area contributed by atoms with Crippen LogP contribution < -0.4 is 4.74 Å².